The molecule has 0 bridgehead atoms. The normalized spacial score (nSPS) is 22.9. The van der Waals surface area contributed by atoms with E-state index in [2.05, 4.69) is 4.90 Å². The maximum atomic E-state index is 13.1. The third-order valence-electron chi connectivity index (χ3n) is 5.62. The molecule has 2 aliphatic heterocycles. The van der Waals surface area contributed by atoms with E-state index >= 15 is 0 Å². The van der Waals surface area contributed by atoms with Gasteiger partial charge in [0.05, 0.1) is 24.2 Å². The summed E-state index contributed by atoms with van der Waals surface area (Å²) < 4.78 is 28.9. The Morgan fingerprint density at radius 1 is 1.07 bits per heavy atom. The summed E-state index contributed by atoms with van der Waals surface area (Å²) in [6.45, 7) is 2.63. The number of rotatable bonds is 3. The summed E-state index contributed by atoms with van der Waals surface area (Å²) in [4.78, 5) is 17.1. The van der Waals surface area contributed by atoms with E-state index in [1.165, 1.54) is 0 Å². The standard InChI is InChI=1S/C20H24N2O4S/c1-26-19-13-16-5-3-2-4-15(16)12-18(19)20(23)22-9-7-21(8-10-22)17-6-11-27(24,25)14-17/h2-5,12-13,17H,6-11,14H2,1H3/t17-/m0/s1. The van der Waals surface area contributed by atoms with Gasteiger partial charge in [-0.1, -0.05) is 24.3 Å². The molecular weight excluding hydrogens is 364 g/mol. The van der Waals surface area contributed by atoms with Crippen molar-refractivity contribution < 1.29 is 17.9 Å². The molecule has 1 amide bonds. The van der Waals surface area contributed by atoms with Crippen molar-refractivity contribution in [2.75, 3.05) is 44.8 Å². The Labute approximate surface area is 159 Å². The molecule has 0 radical (unpaired) electrons. The number of piperazine rings is 1. The van der Waals surface area contributed by atoms with Crippen LogP contribution < -0.4 is 4.74 Å². The largest absolute Gasteiger partial charge is 0.496 e. The van der Waals surface area contributed by atoms with Crippen molar-refractivity contribution in [3.05, 3.63) is 42.0 Å². The van der Waals surface area contributed by atoms with Gasteiger partial charge >= 0.3 is 0 Å². The monoisotopic (exact) mass is 388 g/mol. The van der Waals surface area contributed by atoms with Crippen molar-refractivity contribution in [1.82, 2.24) is 9.80 Å². The van der Waals surface area contributed by atoms with Crippen LogP contribution in [0, 0.1) is 0 Å². The fourth-order valence-electron chi connectivity index (χ4n) is 4.08. The molecule has 4 rings (SSSR count). The van der Waals surface area contributed by atoms with Crippen molar-refractivity contribution in [3.63, 3.8) is 0 Å². The Hall–Kier alpha value is -2.12. The van der Waals surface area contributed by atoms with Gasteiger partial charge in [0.1, 0.15) is 5.75 Å². The molecule has 0 unspecified atom stereocenters. The molecule has 2 aromatic rings. The number of sulfone groups is 1. The number of ether oxygens (including phenoxy) is 1. The molecule has 0 aromatic heterocycles. The second-order valence-corrected chi connectivity index (χ2v) is 9.51. The molecule has 1 atom stereocenters. The highest BCUT2D eigenvalue weighted by atomic mass is 32.2. The first-order valence-corrected chi connectivity index (χ1v) is 11.1. The van der Waals surface area contributed by atoms with E-state index in [4.69, 9.17) is 4.74 Å². The third-order valence-corrected chi connectivity index (χ3v) is 7.37. The molecule has 0 N–H and O–H groups in total. The van der Waals surface area contributed by atoms with Gasteiger partial charge in [0.15, 0.2) is 9.84 Å². The lowest BCUT2D eigenvalue weighted by Crippen LogP contribution is -2.52. The van der Waals surface area contributed by atoms with Gasteiger partial charge in [0, 0.05) is 32.2 Å². The van der Waals surface area contributed by atoms with E-state index in [9.17, 15) is 13.2 Å². The summed E-state index contributed by atoms with van der Waals surface area (Å²) in [5.41, 5.74) is 0.577. The number of carbonyl (C=O) groups is 1. The van der Waals surface area contributed by atoms with E-state index < -0.39 is 9.84 Å². The van der Waals surface area contributed by atoms with E-state index in [0.29, 0.717) is 43.9 Å². The van der Waals surface area contributed by atoms with Crippen LogP contribution in [-0.2, 0) is 9.84 Å². The number of hydrogen-bond acceptors (Lipinski definition) is 5. The van der Waals surface area contributed by atoms with Crippen LogP contribution in [0.5, 0.6) is 5.75 Å². The molecule has 2 saturated heterocycles. The first kappa shape index (κ1) is 18.3. The third kappa shape index (κ3) is 3.66. The maximum Gasteiger partial charge on any atom is 0.257 e. The summed E-state index contributed by atoms with van der Waals surface area (Å²) in [5, 5.41) is 2.05. The fourth-order valence-corrected chi connectivity index (χ4v) is 5.84. The minimum Gasteiger partial charge on any atom is -0.496 e. The molecule has 2 fully saturated rings. The smallest absolute Gasteiger partial charge is 0.257 e. The van der Waals surface area contributed by atoms with Crippen LogP contribution in [0.15, 0.2) is 36.4 Å². The number of methoxy groups -OCH3 is 1. The number of hydrogen-bond donors (Lipinski definition) is 0. The first-order chi connectivity index (χ1) is 13.0. The predicted octanol–water partition coefficient (Wildman–Crippen LogP) is 1.79. The molecule has 7 heteroatoms. The summed E-state index contributed by atoms with van der Waals surface area (Å²) in [7, 11) is -1.30. The molecule has 2 aromatic carbocycles. The Morgan fingerprint density at radius 3 is 2.33 bits per heavy atom. The molecular formula is C20H24N2O4S. The zero-order valence-electron chi connectivity index (χ0n) is 15.4. The van der Waals surface area contributed by atoms with E-state index in [1.54, 1.807) is 7.11 Å². The molecule has 2 aliphatic rings. The maximum absolute atomic E-state index is 13.1. The Kier molecular flexibility index (Phi) is 4.82. The summed E-state index contributed by atoms with van der Waals surface area (Å²) >= 11 is 0. The minimum atomic E-state index is -2.89. The fraction of sp³-hybridized carbons (Fsp3) is 0.450. The molecule has 0 aliphatic carbocycles. The minimum absolute atomic E-state index is 0.0312. The van der Waals surface area contributed by atoms with Crippen molar-refractivity contribution in [3.8, 4) is 5.75 Å². The van der Waals surface area contributed by atoms with Crippen LogP contribution in [0.2, 0.25) is 0 Å². The topological polar surface area (TPSA) is 66.9 Å². The molecule has 6 nitrogen and oxygen atoms in total. The molecule has 144 valence electrons. The van der Waals surface area contributed by atoms with E-state index in [-0.39, 0.29) is 23.5 Å². The zero-order chi connectivity index (χ0) is 19.0. The Balaban J connectivity index is 1.49. The Bertz CT molecular complexity index is 965. The number of fused-ring (bicyclic) bond motifs is 1. The zero-order valence-corrected chi connectivity index (χ0v) is 16.2. The summed E-state index contributed by atoms with van der Waals surface area (Å²) in [5.74, 6) is 1.09. The second kappa shape index (κ2) is 7.13. The van der Waals surface area contributed by atoms with Crippen LogP contribution >= 0.6 is 0 Å². The van der Waals surface area contributed by atoms with Gasteiger partial charge in [-0.15, -0.1) is 0 Å². The highest BCUT2D eigenvalue weighted by molar-refractivity contribution is 7.91. The van der Waals surface area contributed by atoms with Crippen molar-refractivity contribution in [2.24, 2.45) is 0 Å². The van der Waals surface area contributed by atoms with Crippen LogP contribution in [0.1, 0.15) is 16.8 Å². The quantitative estimate of drug-likeness (QED) is 0.802. The van der Waals surface area contributed by atoms with Gasteiger partial charge in [0.25, 0.3) is 5.91 Å². The van der Waals surface area contributed by atoms with Crippen LogP contribution in [0.4, 0.5) is 0 Å². The molecule has 0 saturated carbocycles. The average Bonchev–Trinajstić information content (AvgIpc) is 3.06. The van der Waals surface area contributed by atoms with Crippen LogP contribution in [0.25, 0.3) is 10.8 Å². The Morgan fingerprint density at radius 2 is 1.74 bits per heavy atom. The van der Waals surface area contributed by atoms with Crippen molar-refractivity contribution in [2.45, 2.75) is 12.5 Å². The van der Waals surface area contributed by atoms with Crippen LogP contribution in [0.3, 0.4) is 0 Å². The number of nitrogens with zero attached hydrogens (tertiary/aromatic N) is 2. The van der Waals surface area contributed by atoms with Crippen molar-refractivity contribution in [1.29, 1.82) is 0 Å². The van der Waals surface area contributed by atoms with E-state index in [0.717, 1.165) is 10.8 Å². The lowest BCUT2D eigenvalue weighted by molar-refractivity contribution is 0.0585. The van der Waals surface area contributed by atoms with Gasteiger partial charge in [-0.3, -0.25) is 9.69 Å². The summed E-state index contributed by atoms with van der Waals surface area (Å²) in [6, 6.07) is 11.8. The number of carbonyl (C=O) groups excluding carboxylic acids is 1. The van der Waals surface area contributed by atoms with Gasteiger partial charge in [-0.05, 0) is 29.3 Å². The number of amides is 1. The summed E-state index contributed by atoms with van der Waals surface area (Å²) in [6.07, 6.45) is 0.703. The first-order valence-electron chi connectivity index (χ1n) is 9.27. The highest BCUT2D eigenvalue weighted by Crippen LogP contribution is 2.28. The molecule has 2 heterocycles. The molecule has 27 heavy (non-hydrogen) atoms. The van der Waals surface area contributed by atoms with Gasteiger partial charge in [0.2, 0.25) is 0 Å². The van der Waals surface area contributed by atoms with Gasteiger partial charge in [-0.25, -0.2) is 8.42 Å². The highest BCUT2D eigenvalue weighted by Gasteiger charge is 2.34. The lowest BCUT2D eigenvalue weighted by Gasteiger charge is -2.37. The van der Waals surface area contributed by atoms with Gasteiger partial charge in [-0.2, -0.15) is 0 Å². The lowest BCUT2D eigenvalue weighted by atomic mass is 10.0. The average molecular weight is 388 g/mol. The molecule has 0 spiro atoms. The van der Waals surface area contributed by atoms with E-state index in [1.807, 2.05) is 41.3 Å². The predicted molar refractivity (Wildman–Crippen MR) is 105 cm³/mol. The van der Waals surface area contributed by atoms with Crippen molar-refractivity contribution >= 4 is 26.5 Å². The van der Waals surface area contributed by atoms with Gasteiger partial charge < -0.3 is 9.64 Å². The van der Waals surface area contributed by atoms with Crippen LogP contribution in [-0.4, -0.2) is 75.0 Å². The number of benzene rings is 2. The second-order valence-electron chi connectivity index (χ2n) is 7.28. The SMILES string of the molecule is COc1cc2ccccc2cc1C(=O)N1CCN([C@H]2CCS(=O)(=O)C2)CC1.